The molecule has 0 aromatic carbocycles. The average Bonchev–Trinajstić information content (AvgIpc) is 2.67. The van der Waals surface area contributed by atoms with Gasteiger partial charge in [0.05, 0.1) is 0 Å². The van der Waals surface area contributed by atoms with Crippen LogP contribution in [0.3, 0.4) is 0 Å². The maximum atomic E-state index is 3.60. The van der Waals surface area contributed by atoms with Crippen molar-refractivity contribution in [3.63, 3.8) is 0 Å². The number of hydrogen-bond donors (Lipinski definition) is 2. The molecule has 0 aliphatic carbocycles. The predicted octanol–water partition coefficient (Wildman–Crippen LogP) is 0.817. The normalized spacial score (nSPS) is 7.27. The summed E-state index contributed by atoms with van der Waals surface area (Å²) in [5.74, 6) is 0. The Labute approximate surface area is 77.2 Å². The summed E-state index contributed by atoms with van der Waals surface area (Å²) >= 11 is 0. The predicted molar refractivity (Wildman–Crippen MR) is 37.2 cm³/mol. The van der Waals surface area contributed by atoms with Crippen LogP contribution in [0, 0.1) is 0 Å². The molecule has 2 heterocycles. The molecule has 2 aromatic rings. The summed E-state index contributed by atoms with van der Waals surface area (Å²) in [6, 6.07) is 3.67. The summed E-state index contributed by atoms with van der Waals surface area (Å²) in [4.78, 5) is 0. The van der Waals surface area contributed by atoms with E-state index in [9.17, 15) is 0 Å². The summed E-state index contributed by atoms with van der Waals surface area (Å²) in [5, 5.41) is 12.4. The van der Waals surface area contributed by atoms with Crippen molar-refractivity contribution in [2.24, 2.45) is 0 Å². The van der Waals surface area contributed by atoms with Gasteiger partial charge in [0.1, 0.15) is 0 Å². The molecule has 0 amide bonds. The number of H-pyrrole nitrogens is 2. The smallest absolute Gasteiger partial charge is 0.0487 e. The molecule has 11 heavy (non-hydrogen) atoms. The zero-order chi connectivity index (χ0) is 7.07. The van der Waals surface area contributed by atoms with E-state index in [4.69, 9.17) is 0 Å². The Bertz CT molecular complexity index is 154. The molecule has 0 fully saturated rings. The van der Waals surface area contributed by atoms with Gasteiger partial charge in [-0.1, -0.05) is 0 Å². The van der Waals surface area contributed by atoms with Crippen molar-refractivity contribution in [2.45, 2.75) is 0 Å². The van der Waals surface area contributed by atoms with Gasteiger partial charge in [0.15, 0.2) is 0 Å². The van der Waals surface area contributed by atoms with Crippen LogP contribution in [0.25, 0.3) is 0 Å². The van der Waals surface area contributed by atoms with Crippen molar-refractivity contribution >= 4 is 0 Å². The second-order valence-electron chi connectivity index (χ2n) is 1.53. The Morgan fingerprint density at radius 2 is 1.27 bits per heavy atom. The maximum Gasteiger partial charge on any atom is 0.0487 e. The monoisotopic (exact) mass is 238 g/mol. The van der Waals surface area contributed by atoms with Crippen LogP contribution in [0.5, 0.6) is 0 Å². The van der Waals surface area contributed by atoms with Gasteiger partial charge in [0.25, 0.3) is 0 Å². The second kappa shape index (κ2) is 7.15. The van der Waals surface area contributed by atoms with E-state index in [1.165, 1.54) is 0 Å². The van der Waals surface area contributed by atoms with Crippen LogP contribution in [0.15, 0.2) is 36.9 Å². The Kier molecular flexibility index (Phi) is 6.53. The molecule has 5 heteroatoms. The minimum atomic E-state index is 0. The Balaban J connectivity index is 0.000000167. The van der Waals surface area contributed by atoms with E-state index in [1.54, 1.807) is 24.8 Å². The van der Waals surface area contributed by atoms with Crippen molar-refractivity contribution in [3.8, 4) is 0 Å². The van der Waals surface area contributed by atoms with Crippen LogP contribution < -0.4 is 0 Å². The van der Waals surface area contributed by atoms with Crippen molar-refractivity contribution in [1.82, 2.24) is 20.4 Å². The van der Waals surface area contributed by atoms with Gasteiger partial charge in [0.2, 0.25) is 0 Å². The fourth-order valence-corrected chi connectivity index (χ4v) is 0.430. The van der Waals surface area contributed by atoms with Crippen molar-refractivity contribution in [3.05, 3.63) is 36.9 Å². The summed E-state index contributed by atoms with van der Waals surface area (Å²) in [5.41, 5.74) is 0. The number of nitrogens with zero attached hydrogens (tertiary/aromatic N) is 2. The quantitative estimate of drug-likeness (QED) is 0.666. The van der Waals surface area contributed by atoms with Crippen LogP contribution in [-0.2, 0) is 19.5 Å². The van der Waals surface area contributed by atoms with E-state index < -0.39 is 0 Å². The fraction of sp³-hybridized carbons (Fsp3) is 0. The SMILES string of the molecule is [Ru].c1cn[nH]c1.c1cn[nH]c1. The molecule has 0 unspecified atom stereocenters. The minimum Gasteiger partial charge on any atom is -0.286 e. The van der Waals surface area contributed by atoms with Crippen LogP contribution in [-0.4, -0.2) is 20.4 Å². The third-order valence-corrected chi connectivity index (χ3v) is 0.812. The third kappa shape index (κ3) is 5.49. The van der Waals surface area contributed by atoms with E-state index >= 15 is 0 Å². The number of aromatic amines is 2. The molecule has 0 saturated heterocycles. The summed E-state index contributed by atoms with van der Waals surface area (Å²) in [6.07, 6.45) is 6.92. The van der Waals surface area contributed by atoms with Crippen LogP contribution in [0.4, 0.5) is 0 Å². The number of rotatable bonds is 0. The Hall–Kier alpha value is -0.957. The topological polar surface area (TPSA) is 57.4 Å². The van der Waals surface area contributed by atoms with Crippen LogP contribution in [0.1, 0.15) is 0 Å². The van der Waals surface area contributed by atoms with Gasteiger partial charge < -0.3 is 0 Å². The van der Waals surface area contributed by atoms with E-state index in [0.29, 0.717) is 0 Å². The molecule has 0 radical (unpaired) electrons. The Morgan fingerprint density at radius 3 is 1.36 bits per heavy atom. The molecule has 2 rings (SSSR count). The first-order valence-corrected chi connectivity index (χ1v) is 2.87. The van der Waals surface area contributed by atoms with Gasteiger partial charge in [-0.2, -0.15) is 10.2 Å². The molecule has 0 aliphatic heterocycles. The third-order valence-electron chi connectivity index (χ3n) is 0.812. The van der Waals surface area contributed by atoms with Gasteiger partial charge in [-0.3, -0.25) is 10.2 Å². The number of hydrogen-bond acceptors (Lipinski definition) is 2. The van der Waals surface area contributed by atoms with Gasteiger partial charge in [0, 0.05) is 44.3 Å². The van der Waals surface area contributed by atoms with Gasteiger partial charge in [-0.15, -0.1) is 0 Å². The zero-order valence-electron chi connectivity index (χ0n) is 5.71. The molecular weight excluding hydrogens is 229 g/mol. The molecular formula is C6H8N4Ru. The standard InChI is InChI=1S/2C3H4N2.Ru/c2*1-2-4-5-3-1;/h2*1-3H,(H,4,5);. The molecule has 0 spiro atoms. The summed E-state index contributed by atoms with van der Waals surface area (Å²) in [6.45, 7) is 0. The van der Waals surface area contributed by atoms with Crippen LogP contribution >= 0.6 is 0 Å². The fourth-order valence-electron chi connectivity index (χ4n) is 0.430. The minimum absolute atomic E-state index is 0. The zero-order valence-corrected chi connectivity index (χ0v) is 7.45. The number of aromatic nitrogens is 4. The molecule has 0 saturated carbocycles. The van der Waals surface area contributed by atoms with Gasteiger partial charge in [-0.05, 0) is 12.1 Å². The molecule has 60 valence electrons. The molecule has 0 bridgehead atoms. The molecule has 0 atom stereocenters. The Morgan fingerprint density at radius 1 is 0.818 bits per heavy atom. The van der Waals surface area contributed by atoms with Crippen molar-refractivity contribution in [2.75, 3.05) is 0 Å². The molecule has 2 N–H and O–H groups in total. The number of nitrogens with one attached hydrogen (secondary N) is 2. The summed E-state index contributed by atoms with van der Waals surface area (Å²) in [7, 11) is 0. The molecule has 2 aromatic heterocycles. The van der Waals surface area contributed by atoms with Crippen molar-refractivity contribution in [1.29, 1.82) is 0 Å². The van der Waals surface area contributed by atoms with E-state index in [-0.39, 0.29) is 19.5 Å². The van der Waals surface area contributed by atoms with E-state index in [1.807, 2.05) is 12.1 Å². The maximum absolute atomic E-state index is 3.60. The second-order valence-corrected chi connectivity index (χ2v) is 1.53. The van der Waals surface area contributed by atoms with Gasteiger partial charge >= 0.3 is 0 Å². The molecule has 0 aliphatic rings. The van der Waals surface area contributed by atoms with E-state index in [2.05, 4.69) is 20.4 Å². The summed E-state index contributed by atoms with van der Waals surface area (Å²) < 4.78 is 0. The first kappa shape index (κ1) is 10.0. The largest absolute Gasteiger partial charge is 0.286 e. The first-order valence-electron chi connectivity index (χ1n) is 2.87. The molecule has 4 nitrogen and oxygen atoms in total. The van der Waals surface area contributed by atoms with Crippen LogP contribution in [0.2, 0.25) is 0 Å². The average molecular weight is 237 g/mol. The van der Waals surface area contributed by atoms with Gasteiger partial charge in [-0.25, -0.2) is 0 Å². The first-order chi connectivity index (χ1) is 5.00. The van der Waals surface area contributed by atoms with Crippen molar-refractivity contribution < 1.29 is 19.5 Å². The van der Waals surface area contributed by atoms with E-state index in [0.717, 1.165) is 0 Å².